The number of nitrogens with zero attached hydrogens (tertiary/aromatic N) is 3. The molecule has 2 aliphatic heterocycles. The van der Waals surface area contributed by atoms with E-state index in [0.717, 1.165) is 44.6 Å². The monoisotopic (exact) mass is 357 g/mol. The molecule has 5 nitrogen and oxygen atoms in total. The van der Waals surface area contributed by atoms with Gasteiger partial charge in [0, 0.05) is 37.3 Å². The fourth-order valence-electron chi connectivity index (χ4n) is 4.06. The smallest absolute Gasteiger partial charge is 0.241 e. The summed E-state index contributed by atoms with van der Waals surface area (Å²) in [6.45, 7) is 8.79. The van der Waals surface area contributed by atoms with Crippen molar-refractivity contribution in [3.8, 4) is 0 Å². The largest absolute Gasteiger partial charge is 0.341 e. The molecule has 0 aliphatic carbocycles. The molecule has 2 heterocycles. The highest BCUT2D eigenvalue weighted by atomic mass is 16.2. The lowest BCUT2D eigenvalue weighted by molar-refractivity contribution is -0.141. The van der Waals surface area contributed by atoms with E-state index in [1.807, 2.05) is 55.8 Å². The van der Waals surface area contributed by atoms with Gasteiger partial charge in [-0.3, -0.25) is 14.5 Å². The first-order valence-corrected chi connectivity index (χ1v) is 9.65. The molecule has 5 heteroatoms. The van der Waals surface area contributed by atoms with Crippen LogP contribution in [0.2, 0.25) is 0 Å². The zero-order valence-electron chi connectivity index (χ0n) is 16.5. The molecular weight excluding hydrogens is 326 g/mol. The van der Waals surface area contributed by atoms with E-state index in [1.54, 1.807) is 0 Å². The van der Waals surface area contributed by atoms with Gasteiger partial charge in [0.05, 0.1) is 6.54 Å². The number of hydrogen-bond donors (Lipinski definition) is 0. The van der Waals surface area contributed by atoms with Gasteiger partial charge in [0.2, 0.25) is 11.8 Å². The van der Waals surface area contributed by atoms with E-state index in [1.165, 1.54) is 5.56 Å². The van der Waals surface area contributed by atoms with Gasteiger partial charge in [-0.15, -0.1) is 0 Å². The highest BCUT2D eigenvalue weighted by Gasteiger charge is 2.33. The first-order chi connectivity index (χ1) is 12.3. The molecule has 0 bridgehead atoms. The Hall–Kier alpha value is -1.88. The van der Waals surface area contributed by atoms with Gasteiger partial charge in [-0.05, 0) is 37.4 Å². The van der Waals surface area contributed by atoms with Crippen molar-refractivity contribution >= 4 is 17.5 Å². The Bertz CT molecular complexity index is 680. The molecule has 1 unspecified atom stereocenters. The van der Waals surface area contributed by atoms with Crippen LogP contribution in [0.3, 0.4) is 0 Å². The zero-order chi connectivity index (χ0) is 18.9. The molecule has 3 rings (SSSR count). The molecular formula is C21H31N3O2. The number of carbonyl (C=O) groups is 2. The predicted molar refractivity (Wildman–Crippen MR) is 104 cm³/mol. The first-order valence-electron chi connectivity index (χ1n) is 9.65. The third-order valence-corrected chi connectivity index (χ3v) is 5.54. The summed E-state index contributed by atoms with van der Waals surface area (Å²) in [7, 11) is 1.90. The van der Waals surface area contributed by atoms with Crippen LogP contribution in [0.5, 0.6) is 0 Å². The number of hydrogen-bond acceptors (Lipinski definition) is 3. The molecule has 0 radical (unpaired) electrons. The van der Waals surface area contributed by atoms with E-state index in [9.17, 15) is 9.59 Å². The lowest BCUT2D eigenvalue weighted by Gasteiger charge is -2.39. The quantitative estimate of drug-likeness (QED) is 0.835. The Kier molecular flexibility index (Phi) is 5.37. The second-order valence-electron chi connectivity index (χ2n) is 8.62. The molecule has 2 amide bonds. The van der Waals surface area contributed by atoms with Crippen LogP contribution in [0.15, 0.2) is 24.3 Å². The number of carbonyl (C=O) groups excluding carboxylic acids is 2. The van der Waals surface area contributed by atoms with Crippen molar-refractivity contribution in [2.75, 3.05) is 38.1 Å². The number of amides is 2. The molecule has 0 N–H and O–H groups in total. The lowest BCUT2D eigenvalue weighted by atomic mass is 9.93. The van der Waals surface area contributed by atoms with Gasteiger partial charge < -0.3 is 9.80 Å². The Labute approximate surface area is 156 Å². The van der Waals surface area contributed by atoms with Crippen LogP contribution in [-0.4, -0.2) is 60.9 Å². The van der Waals surface area contributed by atoms with Crippen molar-refractivity contribution in [1.29, 1.82) is 0 Å². The van der Waals surface area contributed by atoms with Gasteiger partial charge in [-0.2, -0.15) is 0 Å². The van der Waals surface area contributed by atoms with Crippen LogP contribution in [0.25, 0.3) is 0 Å². The van der Waals surface area contributed by atoms with Crippen molar-refractivity contribution < 1.29 is 9.59 Å². The second-order valence-corrected chi connectivity index (χ2v) is 8.62. The second kappa shape index (κ2) is 7.39. The van der Waals surface area contributed by atoms with E-state index < -0.39 is 0 Å². The first kappa shape index (κ1) is 18.9. The Morgan fingerprint density at radius 1 is 1.19 bits per heavy atom. The normalized spacial score (nSPS) is 20.8. The molecule has 0 saturated carbocycles. The SMILES string of the molecule is CN(C(=O)C(C)(C)C)C1CCCN(CC(=O)N2CCc3ccccc32)C1. The van der Waals surface area contributed by atoms with Gasteiger partial charge in [-0.25, -0.2) is 0 Å². The van der Waals surface area contributed by atoms with Gasteiger partial charge in [-0.1, -0.05) is 39.0 Å². The zero-order valence-corrected chi connectivity index (χ0v) is 16.5. The van der Waals surface area contributed by atoms with Crippen LogP contribution < -0.4 is 4.90 Å². The van der Waals surface area contributed by atoms with Gasteiger partial charge in [0.15, 0.2) is 0 Å². The highest BCUT2D eigenvalue weighted by molar-refractivity contribution is 5.96. The predicted octanol–water partition coefficient (Wildman–Crippen LogP) is 2.54. The lowest BCUT2D eigenvalue weighted by Crippen LogP contribution is -2.53. The third-order valence-electron chi connectivity index (χ3n) is 5.54. The molecule has 1 saturated heterocycles. The van der Waals surface area contributed by atoms with E-state index in [-0.39, 0.29) is 23.3 Å². The van der Waals surface area contributed by atoms with Crippen LogP contribution >= 0.6 is 0 Å². The number of anilines is 1. The van der Waals surface area contributed by atoms with E-state index in [2.05, 4.69) is 11.0 Å². The number of piperidine rings is 1. The van der Waals surface area contributed by atoms with Crippen molar-refractivity contribution in [1.82, 2.24) is 9.80 Å². The minimum Gasteiger partial charge on any atom is -0.341 e. The minimum absolute atomic E-state index is 0.167. The fraction of sp³-hybridized carbons (Fsp3) is 0.619. The third kappa shape index (κ3) is 3.93. The maximum Gasteiger partial charge on any atom is 0.241 e. The summed E-state index contributed by atoms with van der Waals surface area (Å²) in [5.74, 6) is 0.338. The number of fused-ring (bicyclic) bond motifs is 1. The Morgan fingerprint density at radius 2 is 1.92 bits per heavy atom. The fourth-order valence-corrected chi connectivity index (χ4v) is 4.06. The molecule has 0 spiro atoms. The van der Waals surface area contributed by atoms with Crippen molar-refractivity contribution in [2.24, 2.45) is 5.41 Å². The summed E-state index contributed by atoms with van der Waals surface area (Å²) in [6, 6.07) is 8.36. The van der Waals surface area contributed by atoms with Gasteiger partial charge in [0.1, 0.15) is 0 Å². The number of benzene rings is 1. The summed E-state index contributed by atoms with van der Waals surface area (Å²) in [6.07, 6.45) is 2.97. The highest BCUT2D eigenvalue weighted by Crippen LogP contribution is 2.28. The van der Waals surface area contributed by atoms with E-state index in [4.69, 9.17) is 0 Å². The van der Waals surface area contributed by atoms with Crippen LogP contribution in [0.1, 0.15) is 39.2 Å². The summed E-state index contributed by atoms with van der Waals surface area (Å²) in [5, 5.41) is 0. The molecule has 2 aliphatic rings. The molecule has 26 heavy (non-hydrogen) atoms. The van der Waals surface area contributed by atoms with Crippen molar-refractivity contribution in [2.45, 2.75) is 46.1 Å². The van der Waals surface area contributed by atoms with Crippen molar-refractivity contribution in [3.63, 3.8) is 0 Å². The Balaban J connectivity index is 1.60. The number of likely N-dealkylation sites (tertiary alicyclic amines) is 1. The molecule has 142 valence electrons. The summed E-state index contributed by atoms with van der Waals surface area (Å²) < 4.78 is 0. The maximum atomic E-state index is 12.8. The number of para-hydroxylation sites is 1. The molecule has 1 aromatic carbocycles. The topological polar surface area (TPSA) is 43.9 Å². The molecule has 1 atom stereocenters. The van der Waals surface area contributed by atoms with Crippen LogP contribution in [0, 0.1) is 5.41 Å². The molecule has 1 aromatic rings. The van der Waals surface area contributed by atoms with Gasteiger partial charge in [0.25, 0.3) is 0 Å². The van der Waals surface area contributed by atoms with Crippen molar-refractivity contribution in [3.05, 3.63) is 29.8 Å². The maximum absolute atomic E-state index is 12.8. The van der Waals surface area contributed by atoms with Crippen LogP contribution in [0.4, 0.5) is 5.69 Å². The van der Waals surface area contributed by atoms with E-state index in [0.29, 0.717) is 6.54 Å². The molecule has 1 fully saturated rings. The van der Waals surface area contributed by atoms with Gasteiger partial charge >= 0.3 is 0 Å². The summed E-state index contributed by atoms with van der Waals surface area (Å²) >= 11 is 0. The Morgan fingerprint density at radius 3 is 2.65 bits per heavy atom. The summed E-state index contributed by atoms with van der Waals surface area (Å²) in [4.78, 5) is 31.4. The standard InChI is InChI=1S/C21H31N3O2/c1-21(2,3)20(26)22(4)17-9-7-12-23(14-17)15-19(25)24-13-11-16-8-5-6-10-18(16)24/h5-6,8,10,17H,7,9,11-15H2,1-4H3. The molecule has 0 aromatic heterocycles. The van der Waals surface area contributed by atoms with Crippen LogP contribution in [-0.2, 0) is 16.0 Å². The number of likely N-dealkylation sites (N-methyl/N-ethyl adjacent to an activating group) is 1. The average Bonchev–Trinajstić information content (AvgIpc) is 3.04. The summed E-state index contributed by atoms with van der Waals surface area (Å²) in [5.41, 5.74) is 1.95. The minimum atomic E-state index is -0.369. The average molecular weight is 357 g/mol. The number of rotatable bonds is 3. The van der Waals surface area contributed by atoms with E-state index >= 15 is 0 Å².